The summed E-state index contributed by atoms with van der Waals surface area (Å²) in [7, 11) is -3.38. The highest BCUT2D eigenvalue weighted by atomic mass is 32.2. The van der Waals surface area contributed by atoms with E-state index in [0.717, 1.165) is 24.1 Å². The molecule has 1 aromatic rings. The molecular weight excluding hydrogens is 304 g/mol. The van der Waals surface area contributed by atoms with E-state index in [4.69, 9.17) is 0 Å². The number of sulfonamides is 1. The Bertz CT molecular complexity index is 566. The van der Waals surface area contributed by atoms with Crippen LogP contribution in [0.15, 0.2) is 16.3 Å². The largest absolute Gasteiger partial charge is 0.310 e. The second kappa shape index (κ2) is 6.77. The molecule has 1 N–H and O–H groups in total. The number of nitrogens with one attached hydrogen (secondary N) is 1. The molecule has 1 aliphatic heterocycles. The molecule has 0 amide bonds. The topological polar surface area (TPSA) is 49.4 Å². The van der Waals surface area contributed by atoms with Crippen LogP contribution in [-0.2, 0) is 16.6 Å². The van der Waals surface area contributed by atoms with E-state index in [2.05, 4.69) is 26.1 Å². The Hall–Kier alpha value is -0.430. The normalized spacial score (nSPS) is 24.0. The first-order chi connectivity index (χ1) is 9.87. The third kappa shape index (κ3) is 3.50. The quantitative estimate of drug-likeness (QED) is 0.871. The summed E-state index contributed by atoms with van der Waals surface area (Å²) < 4.78 is 27.8. The van der Waals surface area contributed by atoms with Crippen LogP contribution in [0.1, 0.15) is 51.8 Å². The van der Waals surface area contributed by atoms with Crippen molar-refractivity contribution < 1.29 is 8.42 Å². The van der Waals surface area contributed by atoms with Crippen molar-refractivity contribution in [1.82, 2.24) is 9.62 Å². The number of hydrogen-bond acceptors (Lipinski definition) is 4. The Morgan fingerprint density at radius 1 is 1.43 bits per heavy atom. The molecule has 2 rings (SSSR count). The van der Waals surface area contributed by atoms with Gasteiger partial charge in [-0.3, -0.25) is 0 Å². The molecular formula is C15H26N2O2S2. The van der Waals surface area contributed by atoms with Gasteiger partial charge in [-0.05, 0) is 37.6 Å². The van der Waals surface area contributed by atoms with Crippen LogP contribution in [0.5, 0.6) is 0 Å². The molecule has 21 heavy (non-hydrogen) atoms. The highest BCUT2D eigenvalue weighted by Gasteiger charge is 2.40. The molecule has 2 atom stereocenters. The van der Waals surface area contributed by atoms with Crippen LogP contribution in [0.3, 0.4) is 0 Å². The lowest BCUT2D eigenvalue weighted by molar-refractivity contribution is 0.328. The van der Waals surface area contributed by atoms with E-state index in [1.165, 1.54) is 11.3 Å². The summed E-state index contributed by atoms with van der Waals surface area (Å²) >= 11 is 1.52. The lowest BCUT2D eigenvalue weighted by Crippen LogP contribution is -2.40. The lowest BCUT2D eigenvalue weighted by atomic mass is 10.2. The number of hydrogen-bond donors (Lipinski definition) is 1. The summed E-state index contributed by atoms with van der Waals surface area (Å²) in [6, 6.07) is 2.35. The van der Waals surface area contributed by atoms with E-state index >= 15 is 0 Å². The molecule has 0 aromatic carbocycles. The van der Waals surface area contributed by atoms with Crippen molar-refractivity contribution in [1.29, 1.82) is 0 Å². The first-order valence-corrected chi connectivity index (χ1v) is 10.0. The summed E-state index contributed by atoms with van der Waals surface area (Å²) in [5.41, 5.74) is 0. The van der Waals surface area contributed by atoms with Crippen LogP contribution in [0, 0.1) is 0 Å². The number of nitrogens with zero attached hydrogens (tertiary/aromatic N) is 1. The van der Waals surface area contributed by atoms with E-state index in [9.17, 15) is 8.42 Å². The van der Waals surface area contributed by atoms with Crippen molar-refractivity contribution in [2.75, 3.05) is 0 Å². The average molecular weight is 331 g/mol. The van der Waals surface area contributed by atoms with Gasteiger partial charge in [0.25, 0.3) is 0 Å². The van der Waals surface area contributed by atoms with Gasteiger partial charge >= 0.3 is 0 Å². The van der Waals surface area contributed by atoms with Gasteiger partial charge in [0, 0.05) is 29.5 Å². The van der Waals surface area contributed by atoms with Crippen molar-refractivity contribution in [3.63, 3.8) is 0 Å². The third-order valence-corrected chi connectivity index (χ3v) is 7.32. The van der Waals surface area contributed by atoms with Crippen LogP contribution in [0.2, 0.25) is 0 Å². The van der Waals surface area contributed by atoms with Crippen molar-refractivity contribution in [3.05, 3.63) is 16.3 Å². The minimum atomic E-state index is -3.38. The zero-order valence-corrected chi connectivity index (χ0v) is 14.9. The molecule has 0 bridgehead atoms. The maximum absolute atomic E-state index is 13.0. The lowest BCUT2D eigenvalue weighted by Gasteiger charge is -2.27. The van der Waals surface area contributed by atoms with Crippen LogP contribution < -0.4 is 5.32 Å². The fraction of sp³-hybridized carbons (Fsp3) is 0.733. The van der Waals surface area contributed by atoms with Gasteiger partial charge in [-0.25, -0.2) is 8.42 Å². The smallest absolute Gasteiger partial charge is 0.244 e. The van der Waals surface area contributed by atoms with Crippen LogP contribution in [0.25, 0.3) is 0 Å². The van der Waals surface area contributed by atoms with Crippen LogP contribution in [0.4, 0.5) is 0 Å². The van der Waals surface area contributed by atoms with Gasteiger partial charge < -0.3 is 5.32 Å². The molecule has 4 nitrogen and oxygen atoms in total. The van der Waals surface area contributed by atoms with E-state index in [-0.39, 0.29) is 12.1 Å². The van der Waals surface area contributed by atoms with Gasteiger partial charge in [0.05, 0.1) is 4.90 Å². The van der Waals surface area contributed by atoms with Gasteiger partial charge in [-0.2, -0.15) is 4.31 Å². The minimum absolute atomic E-state index is 0.103. The molecule has 2 heterocycles. The molecule has 0 radical (unpaired) electrons. The van der Waals surface area contributed by atoms with E-state index in [0.29, 0.717) is 17.5 Å². The molecule has 0 spiro atoms. The van der Waals surface area contributed by atoms with Crippen molar-refractivity contribution in [2.24, 2.45) is 0 Å². The monoisotopic (exact) mass is 330 g/mol. The van der Waals surface area contributed by atoms with E-state index < -0.39 is 10.0 Å². The minimum Gasteiger partial charge on any atom is -0.310 e. The summed E-state index contributed by atoms with van der Waals surface area (Å²) in [6.45, 7) is 8.84. The van der Waals surface area contributed by atoms with Gasteiger partial charge in [0.2, 0.25) is 10.0 Å². The van der Waals surface area contributed by atoms with E-state index in [1.807, 2.05) is 12.3 Å². The van der Waals surface area contributed by atoms with Gasteiger partial charge in [0.15, 0.2) is 0 Å². The Kier molecular flexibility index (Phi) is 5.46. The predicted molar refractivity (Wildman–Crippen MR) is 88.1 cm³/mol. The maximum Gasteiger partial charge on any atom is 0.244 e. The summed E-state index contributed by atoms with van der Waals surface area (Å²) in [5, 5.41) is 5.20. The highest BCUT2D eigenvalue weighted by molar-refractivity contribution is 7.89. The summed E-state index contributed by atoms with van der Waals surface area (Å²) in [4.78, 5) is 1.41. The van der Waals surface area contributed by atoms with Crippen LogP contribution in [-0.4, -0.2) is 30.8 Å². The Morgan fingerprint density at radius 3 is 2.76 bits per heavy atom. The Morgan fingerprint density at radius 2 is 2.14 bits per heavy atom. The standard InChI is InChI=1S/C15H26N2O2S2/c1-5-13-7-6-12(4)17(13)21(18,19)15-8-9-20-14(15)10-16-11(2)3/h8-9,11-13,16H,5-7,10H2,1-4H3. The van der Waals surface area contributed by atoms with Gasteiger partial charge in [-0.1, -0.05) is 20.8 Å². The van der Waals surface area contributed by atoms with Crippen molar-refractivity contribution >= 4 is 21.4 Å². The fourth-order valence-electron chi connectivity index (χ4n) is 2.96. The molecule has 1 fully saturated rings. The average Bonchev–Trinajstić information content (AvgIpc) is 3.02. The Labute approximate surface area is 132 Å². The zero-order valence-electron chi connectivity index (χ0n) is 13.3. The maximum atomic E-state index is 13.0. The molecule has 1 saturated heterocycles. The second-order valence-electron chi connectivity index (χ2n) is 6.07. The molecule has 120 valence electrons. The number of rotatable bonds is 6. The highest BCUT2D eigenvalue weighted by Crippen LogP contribution is 2.34. The summed E-state index contributed by atoms with van der Waals surface area (Å²) in [6.07, 6.45) is 2.81. The van der Waals surface area contributed by atoms with Gasteiger partial charge in [0.1, 0.15) is 0 Å². The van der Waals surface area contributed by atoms with Gasteiger partial charge in [-0.15, -0.1) is 11.3 Å². The van der Waals surface area contributed by atoms with Crippen LogP contribution >= 0.6 is 11.3 Å². The first kappa shape index (κ1) is 16.9. The SMILES string of the molecule is CCC1CCC(C)N1S(=O)(=O)c1ccsc1CNC(C)C. The zero-order chi connectivity index (χ0) is 15.6. The molecule has 1 aliphatic rings. The molecule has 6 heteroatoms. The molecule has 0 saturated carbocycles. The second-order valence-corrected chi connectivity index (χ2v) is 8.88. The molecule has 1 aromatic heterocycles. The van der Waals surface area contributed by atoms with Crippen molar-refractivity contribution in [3.8, 4) is 0 Å². The number of thiophene rings is 1. The fourth-order valence-corrected chi connectivity index (χ4v) is 6.28. The molecule has 0 aliphatic carbocycles. The van der Waals surface area contributed by atoms with E-state index in [1.54, 1.807) is 10.4 Å². The first-order valence-electron chi connectivity index (χ1n) is 7.71. The Balaban J connectivity index is 2.29. The predicted octanol–water partition coefficient (Wildman–Crippen LogP) is 3.20. The third-order valence-electron chi connectivity index (χ3n) is 4.11. The van der Waals surface area contributed by atoms with Crippen molar-refractivity contribution in [2.45, 2.75) is 76.5 Å². The summed E-state index contributed by atoms with van der Waals surface area (Å²) in [5.74, 6) is 0. The molecule has 2 unspecified atom stereocenters.